The molecule has 0 N–H and O–H groups in total. The highest BCUT2D eigenvalue weighted by molar-refractivity contribution is 7.89. The van der Waals surface area contributed by atoms with Crippen LogP contribution in [0.25, 0.3) is 0 Å². The lowest BCUT2D eigenvalue weighted by atomic mass is 10.2. The molecule has 0 saturated carbocycles. The number of sulfonamides is 1. The van der Waals surface area contributed by atoms with Gasteiger partial charge in [0.1, 0.15) is 0 Å². The summed E-state index contributed by atoms with van der Waals surface area (Å²) in [7, 11) is -2.54. The smallest absolute Gasteiger partial charge is 0.304 e. The molecule has 116 valence electrons. The second-order valence-corrected chi connectivity index (χ2v) is 6.82. The molecule has 21 heavy (non-hydrogen) atoms. The molecule has 1 aromatic carbocycles. The molecule has 2 unspecified atom stereocenters. The molecule has 1 fully saturated rings. The van der Waals surface area contributed by atoms with Gasteiger partial charge in [-0.3, -0.25) is 10.1 Å². The van der Waals surface area contributed by atoms with Gasteiger partial charge in [-0.25, -0.2) is 8.42 Å². The maximum Gasteiger partial charge on any atom is 0.304 e. The van der Waals surface area contributed by atoms with E-state index in [4.69, 9.17) is 4.74 Å². The van der Waals surface area contributed by atoms with Crippen LogP contribution in [0, 0.1) is 15.9 Å². The molecule has 0 bridgehead atoms. The minimum absolute atomic E-state index is 0.257. The molecule has 7 nitrogen and oxygen atoms in total. The number of hydrogen-bond acceptors (Lipinski definition) is 5. The molecular weight excluding hydrogens is 303 g/mol. The average Bonchev–Trinajstić information content (AvgIpc) is 2.83. The minimum Gasteiger partial charge on any atom is -0.377 e. The number of ether oxygens (including phenoxy) is 1. The van der Waals surface area contributed by atoms with Crippen molar-refractivity contribution in [3.8, 4) is 0 Å². The molecule has 9 heteroatoms. The maximum atomic E-state index is 13.6. The zero-order valence-electron chi connectivity index (χ0n) is 11.5. The second-order valence-electron chi connectivity index (χ2n) is 4.82. The van der Waals surface area contributed by atoms with Crippen molar-refractivity contribution in [3.63, 3.8) is 0 Å². The van der Waals surface area contributed by atoms with E-state index in [9.17, 15) is 22.9 Å². The molecule has 1 aromatic rings. The predicted molar refractivity (Wildman–Crippen MR) is 71.8 cm³/mol. The van der Waals surface area contributed by atoms with Gasteiger partial charge in [-0.2, -0.15) is 8.70 Å². The molecule has 0 aromatic heterocycles. The number of likely N-dealkylation sites (N-methyl/N-ethyl adjacent to an activating group) is 1. The summed E-state index contributed by atoms with van der Waals surface area (Å²) in [6.45, 7) is 2.22. The van der Waals surface area contributed by atoms with Gasteiger partial charge in [0.05, 0.1) is 22.0 Å². The van der Waals surface area contributed by atoms with E-state index in [0.29, 0.717) is 19.1 Å². The molecule has 1 aliphatic heterocycles. The number of benzene rings is 1. The van der Waals surface area contributed by atoms with Crippen molar-refractivity contribution < 1.29 is 22.5 Å². The lowest BCUT2D eigenvalue weighted by Crippen LogP contribution is -2.40. The van der Waals surface area contributed by atoms with Crippen molar-refractivity contribution in [2.24, 2.45) is 0 Å². The standard InChI is InChI=1S/C12H15FN2O5S/c1-8-11(5-6-20-8)14(2)21(18,19)9-3-4-12(15(16)17)10(13)7-9/h3-4,7-8,11H,5-6H2,1-2H3. The number of halogens is 1. The Kier molecular flexibility index (Phi) is 4.26. The summed E-state index contributed by atoms with van der Waals surface area (Å²) < 4.78 is 44.9. The summed E-state index contributed by atoms with van der Waals surface area (Å²) >= 11 is 0. The molecule has 0 radical (unpaired) electrons. The minimum atomic E-state index is -3.93. The molecular formula is C12H15FN2O5S. The van der Waals surface area contributed by atoms with E-state index in [-0.39, 0.29) is 17.0 Å². The Morgan fingerprint density at radius 1 is 1.48 bits per heavy atom. The second kappa shape index (κ2) is 5.66. The van der Waals surface area contributed by atoms with Gasteiger partial charge in [-0.1, -0.05) is 0 Å². The highest BCUT2D eigenvalue weighted by Gasteiger charge is 2.35. The number of hydrogen-bond donors (Lipinski definition) is 0. The third kappa shape index (κ3) is 2.89. The zero-order valence-corrected chi connectivity index (χ0v) is 12.3. The fourth-order valence-corrected chi connectivity index (χ4v) is 3.80. The first-order chi connectivity index (χ1) is 9.75. The Morgan fingerprint density at radius 3 is 2.62 bits per heavy atom. The van der Waals surface area contributed by atoms with Gasteiger partial charge >= 0.3 is 5.69 Å². The molecule has 0 amide bonds. The van der Waals surface area contributed by atoms with Crippen molar-refractivity contribution in [1.29, 1.82) is 0 Å². The van der Waals surface area contributed by atoms with Gasteiger partial charge in [0.2, 0.25) is 15.8 Å². The molecule has 2 rings (SSSR count). The average molecular weight is 318 g/mol. The highest BCUT2D eigenvalue weighted by Crippen LogP contribution is 2.27. The van der Waals surface area contributed by atoms with Crippen LogP contribution in [-0.4, -0.2) is 43.4 Å². The number of nitrogens with zero attached hydrogens (tertiary/aromatic N) is 2. The van der Waals surface area contributed by atoms with Crippen LogP contribution in [0.5, 0.6) is 0 Å². The van der Waals surface area contributed by atoms with E-state index in [0.717, 1.165) is 16.4 Å². The van der Waals surface area contributed by atoms with E-state index in [2.05, 4.69) is 0 Å². The SMILES string of the molecule is CC1OCCC1N(C)S(=O)(=O)c1ccc([N+](=O)[O-])c(F)c1. The number of nitro benzene ring substituents is 1. The van der Waals surface area contributed by atoms with Crippen LogP contribution in [0.4, 0.5) is 10.1 Å². The Labute approximate surface area is 121 Å². The first-order valence-corrected chi connectivity index (χ1v) is 7.72. The van der Waals surface area contributed by atoms with E-state index >= 15 is 0 Å². The summed E-state index contributed by atoms with van der Waals surface area (Å²) in [5, 5.41) is 10.6. The van der Waals surface area contributed by atoms with E-state index in [1.807, 2.05) is 0 Å². The van der Waals surface area contributed by atoms with Crippen molar-refractivity contribution in [2.75, 3.05) is 13.7 Å². The third-order valence-electron chi connectivity index (χ3n) is 3.60. The quantitative estimate of drug-likeness (QED) is 0.620. The fourth-order valence-electron chi connectivity index (χ4n) is 2.34. The van der Waals surface area contributed by atoms with Gasteiger partial charge in [-0.05, 0) is 19.4 Å². The van der Waals surface area contributed by atoms with Crippen molar-refractivity contribution in [3.05, 3.63) is 34.1 Å². The molecule has 1 aliphatic rings. The summed E-state index contributed by atoms with van der Waals surface area (Å²) in [5.74, 6) is -1.18. The van der Waals surface area contributed by atoms with Crippen LogP contribution in [0.15, 0.2) is 23.1 Å². The Morgan fingerprint density at radius 2 is 2.14 bits per heavy atom. The third-order valence-corrected chi connectivity index (χ3v) is 5.47. The first kappa shape index (κ1) is 15.8. The lowest BCUT2D eigenvalue weighted by Gasteiger charge is -2.25. The van der Waals surface area contributed by atoms with Gasteiger partial charge < -0.3 is 4.74 Å². The molecule has 0 spiro atoms. The van der Waals surface area contributed by atoms with Crippen LogP contribution in [0.2, 0.25) is 0 Å². The summed E-state index contributed by atoms with van der Waals surface area (Å²) in [6, 6.07) is 2.22. The van der Waals surface area contributed by atoms with Gasteiger partial charge in [0.25, 0.3) is 0 Å². The van der Waals surface area contributed by atoms with Gasteiger partial charge in [0, 0.05) is 25.8 Å². The van der Waals surface area contributed by atoms with Crippen molar-refractivity contribution in [2.45, 2.75) is 30.4 Å². The van der Waals surface area contributed by atoms with Crippen LogP contribution in [-0.2, 0) is 14.8 Å². The largest absolute Gasteiger partial charge is 0.377 e. The molecule has 1 heterocycles. The highest BCUT2D eigenvalue weighted by atomic mass is 32.2. The normalized spacial score (nSPS) is 22.7. The van der Waals surface area contributed by atoms with Crippen LogP contribution in [0.1, 0.15) is 13.3 Å². The summed E-state index contributed by atoms with van der Waals surface area (Å²) in [5.41, 5.74) is -0.755. The Hall–Kier alpha value is -1.58. The van der Waals surface area contributed by atoms with E-state index < -0.39 is 26.5 Å². The molecule has 0 aliphatic carbocycles. The maximum absolute atomic E-state index is 13.6. The van der Waals surface area contributed by atoms with Crippen LogP contribution >= 0.6 is 0 Å². The van der Waals surface area contributed by atoms with Crippen LogP contribution in [0.3, 0.4) is 0 Å². The topological polar surface area (TPSA) is 89.8 Å². The lowest BCUT2D eigenvalue weighted by molar-refractivity contribution is -0.387. The summed E-state index contributed by atoms with van der Waals surface area (Å²) in [6.07, 6.45) is 0.291. The van der Waals surface area contributed by atoms with E-state index in [1.54, 1.807) is 6.92 Å². The Balaban J connectivity index is 2.35. The first-order valence-electron chi connectivity index (χ1n) is 6.28. The van der Waals surface area contributed by atoms with Crippen molar-refractivity contribution >= 4 is 15.7 Å². The number of rotatable bonds is 4. The van der Waals surface area contributed by atoms with Crippen LogP contribution < -0.4 is 0 Å². The fraction of sp³-hybridized carbons (Fsp3) is 0.500. The Bertz CT molecular complexity index is 664. The zero-order chi connectivity index (χ0) is 15.8. The monoisotopic (exact) mass is 318 g/mol. The number of nitro groups is 1. The molecule has 2 atom stereocenters. The van der Waals surface area contributed by atoms with Gasteiger partial charge in [0.15, 0.2) is 0 Å². The predicted octanol–water partition coefficient (Wildman–Crippen LogP) is 1.53. The van der Waals surface area contributed by atoms with Gasteiger partial charge in [-0.15, -0.1) is 0 Å². The van der Waals surface area contributed by atoms with Crippen molar-refractivity contribution in [1.82, 2.24) is 4.31 Å². The summed E-state index contributed by atoms with van der Waals surface area (Å²) in [4.78, 5) is 9.34. The molecule has 1 saturated heterocycles. The van der Waals surface area contributed by atoms with E-state index in [1.165, 1.54) is 7.05 Å².